The molecule has 0 radical (unpaired) electrons. The van der Waals surface area contributed by atoms with E-state index in [0.29, 0.717) is 19.4 Å². The molecule has 0 bridgehead atoms. The summed E-state index contributed by atoms with van der Waals surface area (Å²) in [4.78, 5) is 25.8. The predicted octanol–water partition coefficient (Wildman–Crippen LogP) is 4.57. The van der Waals surface area contributed by atoms with Gasteiger partial charge in [-0.3, -0.25) is 9.59 Å². The van der Waals surface area contributed by atoms with E-state index in [-0.39, 0.29) is 17.5 Å². The first kappa shape index (κ1) is 18.0. The molecule has 4 heteroatoms. The molecular weight excluding hydrogens is 338 g/mol. The van der Waals surface area contributed by atoms with Crippen LogP contribution in [0.3, 0.4) is 0 Å². The largest absolute Gasteiger partial charge is 0.493 e. The van der Waals surface area contributed by atoms with Crippen molar-refractivity contribution < 1.29 is 14.3 Å². The molecule has 3 aliphatic rings. The summed E-state index contributed by atoms with van der Waals surface area (Å²) in [5.74, 6) is 0.854. The van der Waals surface area contributed by atoms with E-state index in [1.807, 2.05) is 24.3 Å². The van der Waals surface area contributed by atoms with Crippen LogP contribution in [-0.4, -0.2) is 18.2 Å². The lowest BCUT2D eigenvalue weighted by Crippen LogP contribution is -2.36. The number of ether oxygens (including phenoxy) is 1. The summed E-state index contributed by atoms with van der Waals surface area (Å²) >= 11 is 0. The first-order chi connectivity index (χ1) is 13.2. The lowest BCUT2D eigenvalue weighted by molar-refractivity contribution is -0.116. The highest BCUT2D eigenvalue weighted by Gasteiger charge is 2.41. The summed E-state index contributed by atoms with van der Waals surface area (Å²) in [5.41, 5.74) is 4.59. The first-order valence-corrected chi connectivity index (χ1v) is 10.2. The molecule has 0 fully saturated rings. The van der Waals surface area contributed by atoms with E-state index in [1.54, 1.807) is 0 Å². The van der Waals surface area contributed by atoms with Gasteiger partial charge in [-0.15, -0.1) is 0 Å². The Labute approximate surface area is 160 Å². The summed E-state index contributed by atoms with van der Waals surface area (Å²) in [7, 11) is 0. The Morgan fingerprint density at radius 3 is 2.22 bits per heavy atom. The van der Waals surface area contributed by atoms with Crippen LogP contribution in [0.4, 0.5) is 0 Å². The zero-order chi connectivity index (χ0) is 18.8. The number of Topliss-reactive ketones (excluding diaryl/α,β-unsaturated/α-hetero) is 2. The highest BCUT2D eigenvalue weighted by Crippen LogP contribution is 2.47. The van der Waals surface area contributed by atoms with Crippen LogP contribution >= 0.6 is 0 Å². The van der Waals surface area contributed by atoms with Crippen LogP contribution in [0, 0.1) is 0 Å². The summed E-state index contributed by atoms with van der Waals surface area (Å²) < 4.78 is 6.07. The second-order valence-electron chi connectivity index (χ2n) is 7.64. The van der Waals surface area contributed by atoms with Crippen molar-refractivity contribution in [1.82, 2.24) is 5.32 Å². The fourth-order valence-electron chi connectivity index (χ4n) is 4.47. The smallest absolute Gasteiger partial charge is 0.161 e. The van der Waals surface area contributed by atoms with Gasteiger partial charge in [-0.25, -0.2) is 0 Å². The van der Waals surface area contributed by atoms with Gasteiger partial charge in [-0.2, -0.15) is 0 Å². The third kappa shape index (κ3) is 3.33. The average molecular weight is 365 g/mol. The van der Waals surface area contributed by atoms with Crippen LogP contribution in [0.5, 0.6) is 5.75 Å². The van der Waals surface area contributed by atoms with Crippen LogP contribution in [0.15, 0.2) is 46.8 Å². The van der Waals surface area contributed by atoms with Crippen molar-refractivity contribution in [3.8, 4) is 5.75 Å². The van der Waals surface area contributed by atoms with Gasteiger partial charge >= 0.3 is 0 Å². The maximum atomic E-state index is 12.9. The Hall–Kier alpha value is -2.36. The minimum atomic E-state index is -0.283. The van der Waals surface area contributed by atoms with Gasteiger partial charge in [0, 0.05) is 46.9 Å². The molecule has 1 N–H and O–H groups in total. The summed E-state index contributed by atoms with van der Waals surface area (Å²) in [6, 6.07) is 7.93. The van der Waals surface area contributed by atoms with Crippen LogP contribution in [0.25, 0.3) is 0 Å². The average Bonchev–Trinajstić information content (AvgIpc) is 2.68. The number of benzene rings is 1. The van der Waals surface area contributed by atoms with Crippen LogP contribution in [0.1, 0.15) is 69.8 Å². The highest BCUT2D eigenvalue weighted by atomic mass is 16.5. The standard InChI is InChI=1S/C23H27NO3/c1-2-3-14-27-20-13-5-4-8-15(20)21-22-16(9-6-11-18(22)25)24-17-10-7-12-19(26)23(17)21/h4-5,8,13,21,24H,2-3,6-7,9-12,14H2,1H3. The molecule has 1 aromatic carbocycles. The third-order valence-electron chi connectivity index (χ3n) is 5.78. The molecule has 0 saturated carbocycles. The van der Waals surface area contributed by atoms with Crippen molar-refractivity contribution in [3.05, 3.63) is 52.4 Å². The van der Waals surface area contributed by atoms with Crippen molar-refractivity contribution in [1.29, 1.82) is 0 Å². The number of carbonyl (C=O) groups is 2. The Kier molecular flexibility index (Phi) is 5.15. The van der Waals surface area contributed by atoms with Crippen LogP contribution in [-0.2, 0) is 9.59 Å². The summed E-state index contributed by atoms with van der Waals surface area (Å²) in [6.45, 7) is 2.79. The number of rotatable bonds is 5. The molecule has 27 heavy (non-hydrogen) atoms. The van der Waals surface area contributed by atoms with Gasteiger partial charge in [0.15, 0.2) is 11.6 Å². The molecule has 2 aliphatic carbocycles. The molecule has 0 unspecified atom stereocenters. The van der Waals surface area contributed by atoms with Crippen molar-refractivity contribution >= 4 is 11.6 Å². The monoisotopic (exact) mass is 365 g/mol. The van der Waals surface area contributed by atoms with Gasteiger partial charge < -0.3 is 10.1 Å². The Morgan fingerprint density at radius 2 is 1.59 bits per heavy atom. The van der Waals surface area contributed by atoms with E-state index in [2.05, 4.69) is 12.2 Å². The second kappa shape index (κ2) is 7.71. The predicted molar refractivity (Wildman–Crippen MR) is 104 cm³/mol. The maximum absolute atomic E-state index is 12.9. The number of allylic oxidation sites excluding steroid dienone is 4. The van der Waals surface area contributed by atoms with Gasteiger partial charge in [-0.05, 0) is 38.2 Å². The zero-order valence-corrected chi connectivity index (χ0v) is 16.0. The van der Waals surface area contributed by atoms with E-state index < -0.39 is 0 Å². The molecular formula is C23H27NO3. The first-order valence-electron chi connectivity index (χ1n) is 10.2. The number of para-hydroxylation sites is 1. The summed E-state index contributed by atoms with van der Waals surface area (Å²) in [6.07, 6.45) is 6.69. The number of hydrogen-bond acceptors (Lipinski definition) is 4. The minimum absolute atomic E-state index is 0.169. The molecule has 0 amide bonds. The molecule has 0 spiro atoms. The molecule has 1 aliphatic heterocycles. The lowest BCUT2D eigenvalue weighted by atomic mass is 9.71. The molecule has 142 valence electrons. The molecule has 1 aromatic rings. The Balaban J connectivity index is 1.83. The van der Waals surface area contributed by atoms with Gasteiger partial charge in [0.25, 0.3) is 0 Å². The van der Waals surface area contributed by atoms with Gasteiger partial charge in [0.2, 0.25) is 0 Å². The van der Waals surface area contributed by atoms with Gasteiger partial charge in [-0.1, -0.05) is 31.5 Å². The number of nitrogens with one attached hydrogen (secondary N) is 1. The third-order valence-corrected chi connectivity index (χ3v) is 5.78. The maximum Gasteiger partial charge on any atom is 0.161 e. The van der Waals surface area contributed by atoms with E-state index in [1.165, 1.54) is 0 Å². The topological polar surface area (TPSA) is 55.4 Å². The Bertz CT molecular complexity index is 792. The molecule has 4 rings (SSSR count). The quantitative estimate of drug-likeness (QED) is 0.777. The van der Waals surface area contributed by atoms with Gasteiger partial charge in [0.05, 0.1) is 6.61 Å². The van der Waals surface area contributed by atoms with Crippen molar-refractivity contribution in [3.63, 3.8) is 0 Å². The molecule has 0 saturated heterocycles. The van der Waals surface area contributed by atoms with E-state index in [4.69, 9.17) is 4.74 Å². The number of dihydropyridines is 1. The number of ketones is 2. The lowest BCUT2D eigenvalue weighted by Gasteiger charge is -2.37. The zero-order valence-electron chi connectivity index (χ0n) is 16.0. The van der Waals surface area contributed by atoms with E-state index in [9.17, 15) is 9.59 Å². The number of carbonyl (C=O) groups excluding carboxylic acids is 2. The summed E-state index contributed by atoms with van der Waals surface area (Å²) in [5, 5.41) is 3.47. The van der Waals surface area contributed by atoms with Crippen LogP contribution < -0.4 is 10.1 Å². The molecule has 1 heterocycles. The van der Waals surface area contributed by atoms with E-state index in [0.717, 1.165) is 72.4 Å². The molecule has 0 aromatic heterocycles. The second-order valence-corrected chi connectivity index (χ2v) is 7.64. The minimum Gasteiger partial charge on any atom is -0.493 e. The van der Waals surface area contributed by atoms with Gasteiger partial charge in [0.1, 0.15) is 5.75 Å². The SMILES string of the molecule is CCCCOc1ccccc1C1C2=C(CCCC2=O)NC2=C1C(=O)CCC2. The normalized spacial score (nSPS) is 20.3. The van der Waals surface area contributed by atoms with E-state index >= 15 is 0 Å². The fourth-order valence-corrected chi connectivity index (χ4v) is 4.47. The number of unbranched alkanes of at least 4 members (excludes halogenated alkanes) is 1. The Morgan fingerprint density at radius 1 is 0.963 bits per heavy atom. The van der Waals surface area contributed by atoms with Crippen molar-refractivity contribution in [2.45, 2.75) is 64.2 Å². The van der Waals surface area contributed by atoms with Crippen LogP contribution in [0.2, 0.25) is 0 Å². The van der Waals surface area contributed by atoms with Crippen molar-refractivity contribution in [2.75, 3.05) is 6.61 Å². The highest BCUT2D eigenvalue weighted by molar-refractivity contribution is 6.06. The van der Waals surface area contributed by atoms with Crippen molar-refractivity contribution in [2.24, 2.45) is 0 Å². The number of hydrogen-bond donors (Lipinski definition) is 1. The fraction of sp³-hybridized carbons (Fsp3) is 0.478. The molecule has 0 atom stereocenters. The molecule has 4 nitrogen and oxygen atoms in total.